The number of rotatable bonds is 7. The first-order valence-electron chi connectivity index (χ1n) is 9.22. The second-order valence-electron chi connectivity index (χ2n) is 6.60. The molecule has 0 aromatic heterocycles. The van der Waals surface area contributed by atoms with Crippen LogP contribution in [0.25, 0.3) is 0 Å². The maximum Gasteiger partial charge on any atom is 0.231 e. The Morgan fingerprint density at radius 1 is 1.04 bits per heavy atom. The van der Waals surface area contributed by atoms with Crippen LogP contribution in [0, 0.1) is 0 Å². The molecule has 3 rings (SSSR count). The van der Waals surface area contributed by atoms with E-state index in [1.54, 1.807) is 7.05 Å². The number of aliphatic imine (C=N–C) groups is 1. The summed E-state index contributed by atoms with van der Waals surface area (Å²) in [6, 6.07) is 14.2. The topological polar surface area (TPSA) is 64.1 Å². The Bertz CT molecular complexity index is 773. The summed E-state index contributed by atoms with van der Waals surface area (Å²) in [6.45, 7) is 5.81. The van der Waals surface area contributed by atoms with Crippen molar-refractivity contribution >= 4 is 5.96 Å². The maximum atomic E-state index is 5.67. The van der Waals surface area contributed by atoms with Crippen LogP contribution in [0.15, 0.2) is 47.5 Å². The number of benzene rings is 2. The molecule has 2 aromatic rings. The number of fused-ring (bicyclic) bond motifs is 1. The van der Waals surface area contributed by atoms with E-state index in [9.17, 15) is 0 Å². The average Bonchev–Trinajstić information content (AvgIpc) is 3.13. The van der Waals surface area contributed by atoms with Crippen molar-refractivity contribution in [2.45, 2.75) is 32.9 Å². The molecule has 0 fully saturated rings. The van der Waals surface area contributed by atoms with Crippen molar-refractivity contribution in [3.63, 3.8) is 0 Å². The summed E-state index contributed by atoms with van der Waals surface area (Å²) < 4.78 is 16.4. The molecule has 0 saturated carbocycles. The van der Waals surface area contributed by atoms with Crippen LogP contribution in [0.3, 0.4) is 0 Å². The number of hydrogen-bond acceptors (Lipinski definition) is 4. The molecular weight excluding hydrogens is 342 g/mol. The fourth-order valence-corrected chi connectivity index (χ4v) is 2.79. The molecule has 144 valence electrons. The predicted molar refractivity (Wildman–Crippen MR) is 107 cm³/mol. The molecule has 2 aromatic carbocycles. The van der Waals surface area contributed by atoms with E-state index in [4.69, 9.17) is 14.2 Å². The predicted octanol–water partition coefficient (Wildman–Crippen LogP) is 3.11. The highest BCUT2D eigenvalue weighted by Gasteiger charge is 2.13. The first kappa shape index (κ1) is 18.9. The second-order valence-corrected chi connectivity index (χ2v) is 6.60. The van der Waals surface area contributed by atoms with E-state index in [0.29, 0.717) is 13.3 Å². The van der Waals surface area contributed by atoms with Crippen LogP contribution < -0.4 is 24.8 Å². The summed E-state index contributed by atoms with van der Waals surface area (Å²) >= 11 is 0. The van der Waals surface area contributed by atoms with E-state index in [0.717, 1.165) is 41.7 Å². The van der Waals surface area contributed by atoms with Crippen molar-refractivity contribution in [2.24, 2.45) is 4.99 Å². The quantitative estimate of drug-likeness (QED) is 0.580. The lowest BCUT2D eigenvalue weighted by Crippen LogP contribution is -2.37. The fourth-order valence-electron chi connectivity index (χ4n) is 2.79. The lowest BCUT2D eigenvalue weighted by molar-refractivity contribution is 0.174. The molecule has 1 heterocycles. The van der Waals surface area contributed by atoms with Gasteiger partial charge in [-0.05, 0) is 55.7 Å². The average molecular weight is 369 g/mol. The van der Waals surface area contributed by atoms with Crippen LogP contribution in [-0.4, -0.2) is 32.4 Å². The van der Waals surface area contributed by atoms with Crippen LogP contribution in [0.5, 0.6) is 17.2 Å². The first-order valence-corrected chi connectivity index (χ1v) is 9.22. The van der Waals surface area contributed by atoms with Crippen molar-refractivity contribution in [2.75, 3.05) is 20.4 Å². The van der Waals surface area contributed by atoms with Gasteiger partial charge in [-0.1, -0.05) is 18.2 Å². The van der Waals surface area contributed by atoms with E-state index < -0.39 is 0 Å². The van der Waals surface area contributed by atoms with Crippen LogP contribution in [-0.2, 0) is 13.0 Å². The standard InChI is InChI=1S/C21H27N3O3/c1-15(2)27-18-7-4-16(5-8-18)10-11-23-21(22-3)24-13-17-6-9-19-20(12-17)26-14-25-19/h4-9,12,15H,10-11,13-14H2,1-3H3,(H2,22,23,24). The third-order valence-corrected chi connectivity index (χ3v) is 4.12. The van der Waals surface area contributed by atoms with Gasteiger partial charge in [-0.2, -0.15) is 0 Å². The van der Waals surface area contributed by atoms with Crippen molar-refractivity contribution in [3.05, 3.63) is 53.6 Å². The molecule has 0 saturated heterocycles. The van der Waals surface area contributed by atoms with Crippen LogP contribution >= 0.6 is 0 Å². The SMILES string of the molecule is CN=C(NCCc1ccc(OC(C)C)cc1)NCc1ccc2c(c1)OCO2. The van der Waals surface area contributed by atoms with Gasteiger partial charge in [-0.15, -0.1) is 0 Å². The molecule has 0 atom stereocenters. The van der Waals surface area contributed by atoms with Crippen LogP contribution in [0.1, 0.15) is 25.0 Å². The van der Waals surface area contributed by atoms with Gasteiger partial charge in [-0.3, -0.25) is 4.99 Å². The zero-order valence-corrected chi connectivity index (χ0v) is 16.1. The van der Waals surface area contributed by atoms with Gasteiger partial charge < -0.3 is 24.8 Å². The Balaban J connectivity index is 1.42. The summed E-state index contributed by atoms with van der Waals surface area (Å²) in [7, 11) is 1.77. The molecule has 0 aliphatic carbocycles. The first-order chi connectivity index (χ1) is 13.1. The normalized spacial score (nSPS) is 13.0. The molecule has 1 aliphatic rings. The number of hydrogen-bond donors (Lipinski definition) is 2. The van der Waals surface area contributed by atoms with Gasteiger partial charge >= 0.3 is 0 Å². The molecule has 2 N–H and O–H groups in total. The Hall–Kier alpha value is -2.89. The lowest BCUT2D eigenvalue weighted by atomic mass is 10.1. The van der Waals surface area contributed by atoms with E-state index in [1.807, 2.05) is 44.2 Å². The maximum absolute atomic E-state index is 5.67. The number of ether oxygens (including phenoxy) is 3. The molecule has 27 heavy (non-hydrogen) atoms. The lowest BCUT2D eigenvalue weighted by Gasteiger charge is -2.13. The van der Waals surface area contributed by atoms with E-state index in [1.165, 1.54) is 5.56 Å². The molecule has 0 unspecified atom stereocenters. The van der Waals surface area contributed by atoms with E-state index in [-0.39, 0.29) is 6.10 Å². The summed E-state index contributed by atoms with van der Waals surface area (Å²) in [5.74, 6) is 3.27. The Morgan fingerprint density at radius 3 is 2.52 bits per heavy atom. The highest BCUT2D eigenvalue weighted by molar-refractivity contribution is 5.79. The molecular formula is C21H27N3O3. The Morgan fingerprint density at radius 2 is 1.78 bits per heavy atom. The van der Waals surface area contributed by atoms with Crippen molar-refractivity contribution in [1.29, 1.82) is 0 Å². The van der Waals surface area contributed by atoms with Gasteiger partial charge in [0.2, 0.25) is 6.79 Å². The highest BCUT2D eigenvalue weighted by Crippen LogP contribution is 2.32. The summed E-state index contributed by atoms with van der Waals surface area (Å²) in [5.41, 5.74) is 2.37. The van der Waals surface area contributed by atoms with Crippen molar-refractivity contribution < 1.29 is 14.2 Å². The Kier molecular flexibility index (Phi) is 6.41. The fraction of sp³-hybridized carbons (Fsp3) is 0.381. The molecule has 0 bridgehead atoms. The van der Waals surface area contributed by atoms with Gasteiger partial charge in [-0.25, -0.2) is 0 Å². The zero-order valence-electron chi connectivity index (χ0n) is 16.1. The van der Waals surface area contributed by atoms with Gasteiger partial charge in [0.25, 0.3) is 0 Å². The third kappa shape index (κ3) is 5.54. The van der Waals surface area contributed by atoms with Gasteiger partial charge in [0.15, 0.2) is 17.5 Å². The van der Waals surface area contributed by atoms with Crippen LogP contribution in [0.2, 0.25) is 0 Å². The molecule has 0 spiro atoms. The summed E-state index contributed by atoms with van der Waals surface area (Å²) in [4.78, 5) is 4.27. The molecule has 1 aliphatic heterocycles. The minimum absolute atomic E-state index is 0.191. The Labute approximate surface area is 160 Å². The monoisotopic (exact) mass is 369 g/mol. The van der Waals surface area contributed by atoms with Gasteiger partial charge in [0.05, 0.1) is 6.10 Å². The highest BCUT2D eigenvalue weighted by atomic mass is 16.7. The largest absolute Gasteiger partial charge is 0.491 e. The minimum atomic E-state index is 0.191. The van der Waals surface area contributed by atoms with Gasteiger partial charge in [0, 0.05) is 20.1 Å². The minimum Gasteiger partial charge on any atom is -0.491 e. The van der Waals surface area contributed by atoms with Gasteiger partial charge in [0.1, 0.15) is 5.75 Å². The summed E-state index contributed by atoms with van der Waals surface area (Å²) in [5, 5.41) is 6.66. The second kappa shape index (κ2) is 9.16. The molecule has 0 radical (unpaired) electrons. The van der Waals surface area contributed by atoms with E-state index >= 15 is 0 Å². The zero-order chi connectivity index (χ0) is 19.1. The van der Waals surface area contributed by atoms with Crippen molar-refractivity contribution in [3.8, 4) is 17.2 Å². The smallest absolute Gasteiger partial charge is 0.231 e. The van der Waals surface area contributed by atoms with E-state index in [2.05, 4.69) is 27.8 Å². The third-order valence-electron chi connectivity index (χ3n) is 4.12. The molecule has 6 heteroatoms. The number of nitrogens with one attached hydrogen (secondary N) is 2. The van der Waals surface area contributed by atoms with Crippen molar-refractivity contribution in [1.82, 2.24) is 10.6 Å². The van der Waals surface area contributed by atoms with Crippen LogP contribution in [0.4, 0.5) is 0 Å². The molecule has 0 amide bonds. The summed E-state index contributed by atoms with van der Waals surface area (Å²) in [6.07, 6.45) is 1.10. The number of guanidine groups is 1. The molecule has 6 nitrogen and oxygen atoms in total. The number of nitrogens with zero attached hydrogens (tertiary/aromatic N) is 1.